The predicted molar refractivity (Wildman–Crippen MR) is 64.0 cm³/mol. The van der Waals surface area contributed by atoms with Crippen LogP contribution in [-0.4, -0.2) is 31.2 Å². The predicted octanol–water partition coefficient (Wildman–Crippen LogP) is 2.05. The van der Waals surface area contributed by atoms with E-state index < -0.39 is 0 Å². The van der Waals surface area contributed by atoms with Crippen molar-refractivity contribution in [1.29, 1.82) is 0 Å². The van der Waals surface area contributed by atoms with Gasteiger partial charge in [0.15, 0.2) is 0 Å². The second-order valence-corrected chi connectivity index (χ2v) is 3.34. The number of halogens is 1. The molecule has 2 nitrogen and oxygen atoms in total. The highest BCUT2D eigenvalue weighted by atomic mass is 127. The van der Waals surface area contributed by atoms with E-state index in [1.165, 1.54) is 45.3 Å². The summed E-state index contributed by atoms with van der Waals surface area (Å²) >= 11 is 0. The van der Waals surface area contributed by atoms with Gasteiger partial charge in [-0.1, -0.05) is 26.2 Å². The van der Waals surface area contributed by atoms with Gasteiger partial charge in [0.05, 0.1) is 0 Å². The van der Waals surface area contributed by atoms with E-state index in [2.05, 4.69) is 17.1 Å². The lowest BCUT2D eigenvalue weighted by atomic mass is 10.2. The fourth-order valence-corrected chi connectivity index (χ4v) is 1.51. The molecular formula is C9H21IN2. The second kappa shape index (κ2) is 8.26. The van der Waals surface area contributed by atoms with Crippen LogP contribution < -0.4 is 5.32 Å². The van der Waals surface area contributed by atoms with Crippen molar-refractivity contribution < 1.29 is 0 Å². The van der Waals surface area contributed by atoms with E-state index in [4.69, 9.17) is 0 Å². The first-order chi connectivity index (χ1) is 5.43. The molecule has 0 spiro atoms. The van der Waals surface area contributed by atoms with Crippen LogP contribution in [0.3, 0.4) is 0 Å². The molecule has 0 aromatic carbocycles. The Balaban J connectivity index is 0.00000121. The summed E-state index contributed by atoms with van der Waals surface area (Å²) in [6.07, 6.45) is 5.54. The van der Waals surface area contributed by atoms with Crippen molar-refractivity contribution in [1.82, 2.24) is 10.2 Å². The van der Waals surface area contributed by atoms with E-state index in [0.29, 0.717) is 0 Å². The molecule has 0 amide bonds. The molecule has 0 aromatic heterocycles. The molecule has 1 heterocycles. The van der Waals surface area contributed by atoms with Crippen LogP contribution >= 0.6 is 24.0 Å². The summed E-state index contributed by atoms with van der Waals surface area (Å²) in [5.41, 5.74) is 0. The lowest BCUT2D eigenvalue weighted by Crippen LogP contribution is -2.22. The van der Waals surface area contributed by atoms with Gasteiger partial charge in [-0.05, 0) is 13.0 Å². The largest absolute Gasteiger partial charge is 0.303 e. The van der Waals surface area contributed by atoms with E-state index in [0.717, 1.165) is 6.67 Å². The Morgan fingerprint density at radius 2 is 2.08 bits per heavy atom. The Morgan fingerprint density at radius 1 is 1.25 bits per heavy atom. The zero-order valence-electron chi connectivity index (χ0n) is 8.01. The van der Waals surface area contributed by atoms with Gasteiger partial charge in [0.2, 0.25) is 0 Å². The van der Waals surface area contributed by atoms with Gasteiger partial charge in [-0.25, -0.2) is 0 Å². The van der Waals surface area contributed by atoms with Crippen molar-refractivity contribution in [2.75, 3.05) is 26.3 Å². The number of hydrogen-bond acceptors (Lipinski definition) is 2. The van der Waals surface area contributed by atoms with Crippen LogP contribution in [0.25, 0.3) is 0 Å². The first kappa shape index (κ1) is 12.7. The lowest BCUT2D eigenvalue weighted by Gasteiger charge is -2.12. The third-order valence-electron chi connectivity index (χ3n) is 2.27. The number of nitrogens with zero attached hydrogens (tertiary/aromatic N) is 1. The first-order valence-electron chi connectivity index (χ1n) is 4.86. The molecule has 0 atom stereocenters. The minimum absolute atomic E-state index is 0. The number of hydrogen-bond donors (Lipinski definition) is 1. The molecule has 74 valence electrons. The summed E-state index contributed by atoms with van der Waals surface area (Å²) in [7, 11) is 0. The van der Waals surface area contributed by atoms with Crippen molar-refractivity contribution >= 4 is 24.0 Å². The van der Waals surface area contributed by atoms with Gasteiger partial charge in [0.25, 0.3) is 0 Å². The molecule has 1 aliphatic heterocycles. The topological polar surface area (TPSA) is 15.3 Å². The van der Waals surface area contributed by atoms with Gasteiger partial charge in [-0.2, -0.15) is 0 Å². The van der Waals surface area contributed by atoms with Crippen molar-refractivity contribution in [2.24, 2.45) is 0 Å². The fraction of sp³-hybridized carbons (Fsp3) is 1.00. The summed E-state index contributed by atoms with van der Waals surface area (Å²) < 4.78 is 0. The van der Waals surface area contributed by atoms with Gasteiger partial charge in [0, 0.05) is 19.8 Å². The highest BCUT2D eigenvalue weighted by Crippen LogP contribution is 2.01. The highest BCUT2D eigenvalue weighted by Gasteiger charge is 2.08. The number of nitrogens with one attached hydrogen (secondary N) is 1. The van der Waals surface area contributed by atoms with Gasteiger partial charge in [-0.3, -0.25) is 4.90 Å². The average Bonchev–Trinajstić information content (AvgIpc) is 2.50. The molecule has 1 saturated heterocycles. The van der Waals surface area contributed by atoms with Crippen molar-refractivity contribution in [2.45, 2.75) is 32.6 Å². The van der Waals surface area contributed by atoms with Crippen molar-refractivity contribution in [3.63, 3.8) is 0 Å². The monoisotopic (exact) mass is 284 g/mol. The molecule has 0 bridgehead atoms. The molecule has 0 unspecified atom stereocenters. The smallest absolute Gasteiger partial charge is 0.0481 e. The van der Waals surface area contributed by atoms with Crippen LogP contribution in [0.2, 0.25) is 0 Å². The van der Waals surface area contributed by atoms with Crippen LogP contribution in [0, 0.1) is 0 Å². The molecule has 0 aromatic rings. The van der Waals surface area contributed by atoms with Crippen LogP contribution in [0.5, 0.6) is 0 Å². The molecule has 12 heavy (non-hydrogen) atoms. The molecule has 1 N–H and O–H groups in total. The molecule has 1 fully saturated rings. The Labute approximate surface area is 93.1 Å². The van der Waals surface area contributed by atoms with E-state index in [-0.39, 0.29) is 24.0 Å². The number of rotatable bonds is 5. The van der Waals surface area contributed by atoms with Gasteiger partial charge in [0.1, 0.15) is 0 Å². The molecule has 0 radical (unpaired) electrons. The maximum atomic E-state index is 3.34. The van der Waals surface area contributed by atoms with Crippen LogP contribution in [-0.2, 0) is 0 Å². The Kier molecular flexibility index (Phi) is 8.70. The zero-order valence-corrected chi connectivity index (χ0v) is 10.3. The standard InChI is InChI=1S/C9H20N2.HI/c1-2-3-4-5-7-11-8-6-10-9-11;/h10H,2-9H2,1H3;1H. The second-order valence-electron chi connectivity index (χ2n) is 3.34. The molecular weight excluding hydrogens is 263 g/mol. The average molecular weight is 284 g/mol. The van der Waals surface area contributed by atoms with Crippen LogP contribution in [0.15, 0.2) is 0 Å². The third kappa shape index (κ3) is 5.32. The molecule has 1 rings (SSSR count). The van der Waals surface area contributed by atoms with E-state index >= 15 is 0 Å². The minimum atomic E-state index is 0. The normalized spacial score (nSPS) is 17.8. The van der Waals surface area contributed by atoms with Gasteiger partial charge < -0.3 is 5.32 Å². The maximum Gasteiger partial charge on any atom is 0.0481 e. The summed E-state index contributed by atoms with van der Waals surface area (Å²) in [5.74, 6) is 0. The quantitative estimate of drug-likeness (QED) is 0.614. The van der Waals surface area contributed by atoms with Gasteiger partial charge in [-0.15, -0.1) is 24.0 Å². The molecule has 1 aliphatic rings. The Bertz CT molecular complexity index is 92.5. The summed E-state index contributed by atoms with van der Waals surface area (Å²) in [5, 5.41) is 3.34. The summed E-state index contributed by atoms with van der Waals surface area (Å²) in [4.78, 5) is 2.50. The van der Waals surface area contributed by atoms with Gasteiger partial charge >= 0.3 is 0 Å². The highest BCUT2D eigenvalue weighted by molar-refractivity contribution is 14.0. The molecule has 0 aliphatic carbocycles. The third-order valence-corrected chi connectivity index (χ3v) is 2.27. The van der Waals surface area contributed by atoms with E-state index in [1.807, 2.05) is 0 Å². The number of unbranched alkanes of at least 4 members (excludes halogenated alkanes) is 3. The van der Waals surface area contributed by atoms with Crippen LogP contribution in [0.4, 0.5) is 0 Å². The Hall–Kier alpha value is 0.650. The molecule has 3 heteroatoms. The van der Waals surface area contributed by atoms with Crippen molar-refractivity contribution in [3.8, 4) is 0 Å². The maximum absolute atomic E-state index is 3.34. The molecule has 0 saturated carbocycles. The minimum Gasteiger partial charge on any atom is -0.303 e. The lowest BCUT2D eigenvalue weighted by molar-refractivity contribution is 0.325. The first-order valence-corrected chi connectivity index (χ1v) is 4.86. The summed E-state index contributed by atoms with van der Waals surface area (Å²) in [6, 6.07) is 0. The SMILES string of the molecule is CCCCCCN1CCNC1.I. The zero-order chi connectivity index (χ0) is 7.94. The van der Waals surface area contributed by atoms with E-state index in [9.17, 15) is 0 Å². The van der Waals surface area contributed by atoms with Crippen molar-refractivity contribution in [3.05, 3.63) is 0 Å². The fourth-order valence-electron chi connectivity index (χ4n) is 1.51. The Morgan fingerprint density at radius 3 is 2.67 bits per heavy atom. The summed E-state index contributed by atoms with van der Waals surface area (Å²) in [6.45, 7) is 7.12. The van der Waals surface area contributed by atoms with E-state index in [1.54, 1.807) is 0 Å². The van der Waals surface area contributed by atoms with Crippen LogP contribution in [0.1, 0.15) is 32.6 Å².